The Kier molecular flexibility index (Phi) is 10.0. The van der Waals surface area contributed by atoms with Gasteiger partial charge in [-0.15, -0.1) is 0 Å². The number of methoxy groups -OCH3 is 1. The topological polar surface area (TPSA) is 88.1 Å². The molecule has 262 valence electrons. The largest absolute Gasteiger partial charge is 0.490 e. The van der Waals surface area contributed by atoms with Crippen molar-refractivity contribution >= 4 is 38.8 Å². The van der Waals surface area contributed by atoms with Gasteiger partial charge >= 0.3 is 0 Å². The molecule has 1 unspecified atom stereocenters. The number of allylic oxidation sites excluding steroid dienone is 1. The third-order valence-corrected chi connectivity index (χ3v) is 14.5. The standard InChI is InChI=1S/C39H53ClN2O5S/c1-25(2)35(43)21-39(46-5)18-7-9-26(3)27(4)48(6,45)41-37(44)29-12-16-36-34(20-29)42(22-30-11-14-33(30)39)23-38(24-47-36)17-8-10-28-19-31(40)13-15-32(28)38/h7,12-13,15-16,18-20,25-27,30,33,35,43H,6,8-11,14,17,21-24H2,1-5H3,(H,41,44,45)/b18-7+/t26-,27+,30-,33+,35+,38-,39-,48?/m0/s1. The Morgan fingerprint density at radius 3 is 2.71 bits per heavy atom. The van der Waals surface area contributed by atoms with Gasteiger partial charge in [0.25, 0.3) is 5.91 Å². The Morgan fingerprint density at radius 1 is 1.21 bits per heavy atom. The summed E-state index contributed by atoms with van der Waals surface area (Å²) in [7, 11) is -1.20. The first-order valence-corrected chi connectivity index (χ1v) is 19.8. The fraction of sp³-hybridized carbons (Fsp3) is 0.590. The number of carbonyl (C=O) groups is 1. The van der Waals surface area contributed by atoms with Crippen molar-refractivity contribution < 1.29 is 23.6 Å². The molecule has 7 nitrogen and oxygen atoms in total. The second kappa shape index (κ2) is 13.7. The van der Waals surface area contributed by atoms with Crippen LogP contribution in [0.2, 0.25) is 5.02 Å². The summed E-state index contributed by atoms with van der Waals surface area (Å²) in [5, 5.41) is 11.6. The zero-order valence-corrected chi connectivity index (χ0v) is 30.7. The van der Waals surface area contributed by atoms with Gasteiger partial charge in [0.1, 0.15) is 5.75 Å². The van der Waals surface area contributed by atoms with E-state index in [0.717, 1.165) is 61.7 Å². The maximum absolute atomic E-state index is 13.9. The molecule has 2 aliphatic heterocycles. The average molecular weight is 697 g/mol. The van der Waals surface area contributed by atoms with Crippen LogP contribution >= 0.6 is 11.6 Å². The molecule has 2 bridgehead atoms. The van der Waals surface area contributed by atoms with E-state index in [9.17, 15) is 14.1 Å². The van der Waals surface area contributed by atoms with Crippen LogP contribution in [-0.4, -0.2) is 64.9 Å². The van der Waals surface area contributed by atoms with Crippen LogP contribution in [0.25, 0.3) is 0 Å². The van der Waals surface area contributed by atoms with E-state index < -0.39 is 27.3 Å². The van der Waals surface area contributed by atoms with E-state index in [1.807, 2.05) is 32.0 Å². The number of aryl methyl sites for hydroxylation is 1. The normalized spacial score (nSPS) is 35.0. The molecule has 2 aromatic carbocycles. The van der Waals surface area contributed by atoms with E-state index in [1.54, 1.807) is 13.2 Å². The van der Waals surface area contributed by atoms with Gasteiger partial charge in [0.15, 0.2) is 0 Å². The highest BCUT2D eigenvalue weighted by Crippen LogP contribution is 2.50. The second-order valence-corrected chi connectivity index (χ2v) is 18.2. The number of ether oxygens (including phenoxy) is 2. The number of nitrogens with zero attached hydrogens (tertiary/aromatic N) is 1. The summed E-state index contributed by atoms with van der Waals surface area (Å²) in [5.41, 5.74) is 2.98. The molecule has 6 rings (SSSR count). The van der Waals surface area contributed by atoms with E-state index in [4.69, 9.17) is 21.1 Å². The molecule has 1 saturated carbocycles. The van der Waals surface area contributed by atoms with Gasteiger partial charge in [-0.3, -0.25) is 9.52 Å². The van der Waals surface area contributed by atoms with Crippen LogP contribution in [0.5, 0.6) is 5.75 Å². The Labute approximate surface area is 292 Å². The Bertz CT molecular complexity index is 1660. The van der Waals surface area contributed by atoms with Gasteiger partial charge in [-0.05, 0) is 116 Å². The number of amides is 1. The zero-order chi connectivity index (χ0) is 34.4. The van der Waals surface area contributed by atoms with Crippen LogP contribution < -0.4 is 14.4 Å². The Balaban J connectivity index is 1.46. The minimum absolute atomic E-state index is 0.0124. The number of hydrogen-bond acceptors (Lipinski definition) is 6. The molecule has 8 atom stereocenters. The second-order valence-electron chi connectivity index (χ2n) is 15.4. The zero-order valence-electron chi connectivity index (χ0n) is 29.2. The van der Waals surface area contributed by atoms with Crippen molar-refractivity contribution in [3.63, 3.8) is 0 Å². The number of anilines is 1. The van der Waals surface area contributed by atoms with E-state index in [1.165, 1.54) is 11.1 Å². The summed E-state index contributed by atoms with van der Waals surface area (Å²) in [4.78, 5) is 16.1. The number of aliphatic hydroxyl groups is 1. The van der Waals surface area contributed by atoms with Gasteiger partial charge < -0.3 is 19.5 Å². The first-order chi connectivity index (χ1) is 22.8. The van der Waals surface area contributed by atoms with Crippen LogP contribution in [-0.2, 0) is 26.3 Å². The molecule has 4 aliphatic rings. The minimum atomic E-state index is -2.97. The highest BCUT2D eigenvalue weighted by Gasteiger charge is 2.50. The number of halogens is 1. The first-order valence-electron chi connectivity index (χ1n) is 17.7. The van der Waals surface area contributed by atoms with Crippen LogP contribution in [0, 0.1) is 23.7 Å². The van der Waals surface area contributed by atoms with Gasteiger partial charge in [-0.1, -0.05) is 50.6 Å². The number of rotatable bonds is 4. The molecule has 0 saturated heterocycles. The van der Waals surface area contributed by atoms with Crippen LogP contribution in [0.3, 0.4) is 0 Å². The lowest BCUT2D eigenvalue weighted by Crippen LogP contribution is -2.54. The van der Waals surface area contributed by atoms with E-state index in [-0.39, 0.29) is 28.4 Å². The van der Waals surface area contributed by atoms with Gasteiger partial charge in [0.2, 0.25) is 0 Å². The summed E-state index contributed by atoms with van der Waals surface area (Å²) in [6, 6.07) is 11.8. The monoisotopic (exact) mass is 696 g/mol. The SMILES string of the molecule is C=S1(=O)NC(=O)c2ccc3c(c2)N(C[C@@H]2CC[C@H]2[C@](C[C@@H](O)C(C)C)(OC)/C=C/C[C@H](C)[C@H]1C)C[C@@]1(CCCc2cc(Cl)ccc21)CO3. The summed E-state index contributed by atoms with van der Waals surface area (Å²) in [5.74, 6) is 4.94. The van der Waals surface area contributed by atoms with Gasteiger partial charge in [0, 0.05) is 47.9 Å². The molecule has 1 spiro atoms. The molecule has 2 aliphatic carbocycles. The van der Waals surface area contributed by atoms with Crippen LogP contribution in [0.1, 0.15) is 87.7 Å². The highest BCUT2D eigenvalue weighted by atomic mass is 35.5. The van der Waals surface area contributed by atoms with E-state index >= 15 is 0 Å². The van der Waals surface area contributed by atoms with Crippen molar-refractivity contribution in [1.82, 2.24) is 4.72 Å². The number of hydrogen-bond donors (Lipinski definition) is 2. The molecular weight excluding hydrogens is 644 g/mol. The van der Waals surface area contributed by atoms with E-state index in [0.29, 0.717) is 30.9 Å². The Hall–Kier alpha value is -2.52. The molecule has 0 radical (unpaired) electrons. The Morgan fingerprint density at radius 2 is 2.00 bits per heavy atom. The van der Waals surface area contributed by atoms with Crippen LogP contribution in [0.4, 0.5) is 5.69 Å². The maximum Gasteiger partial charge on any atom is 0.262 e. The van der Waals surface area contributed by atoms with Crippen molar-refractivity contribution in [3.05, 3.63) is 70.3 Å². The molecule has 2 aromatic rings. The lowest BCUT2D eigenvalue weighted by Gasteiger charge is -2.51. The fourth-order valence-corrected chi connectivity index (χ4v) is 10.2. The lowest BCUT2D eigenvalue weighted by atomic mass is 9.62. The van der Waals surface area contributed by atoms with Crippen LogP contribution in [0.15, 0.2) is 48.6 Å². The predicted octanol–water partition coefficient (Wildman–Crippen LogP) is 6.98. The minimum Gasteiger partial charge on any atom is -0.490 e. The molecule has 9 heteroatoms. The molecule has 2 heterocycles. The fourth-order valence-electron chi connectivity index (χ4n) is 8.54. The summed E-state index contributed by atoms with van der Waals surface area (Å²) in [6.45, 7) is 10.1. The molecule has 1 fully saturated rings. The van der Waals surface area contributed by atoms with Crippen molar-refractivity contribution in [3.8, 4) is 5.75 Å². The van der Waals surface area contributed by atoms with Gasteiger partial charge in [0.05, 0.1) is 33.7 Å². The van der Waals surface area contributed by atoms with Gasteiger partial charge in [-0.25, -0.2) is 4.21 Å². The average Bonchev–Trinajstić information content (AvgIpc) is 3.18. The first kappa shape index (κ1) is 35.3. The summed E-state index contributed by atoms with van der Waals surface area (Å²) < 4.78 is 29.9. The predicted molar refractivity (Wildman–Crippen MR) is 197 cm³/mol. The molecular formula is C39H53ClN2O5S. The smallest absolute Gasteiger partial charge is 0.262 e. The molecule has 48 heavy (non-hydrogen) atoms. The van der Waals surface area contributed by atoms with Crippen molar-refractivity contribution in [2.24, 2.45) is 23.7 Å². The highest BCUT2D eigenvalue weighted by molar-refractivity contribution is 7.99. The molecule has 1 amide bonds. The number of nitrogens with one attached hydrogen (secondary N) is 1. The van der Waals surface area contributed by atoms with Crippen molar-refractivity contribution in [2.75, 3.05) is 31.7 Å². The number of fused-ring (bicyclic) bond motifs is 4. The molecule has 0 aromatic heterocycles. The summed E-state index contributed by atoms with van der Waals surface area (Å²) >= 11 is 6.47. The summed E-state index contributed by atoms with van der Waals surface area (Å²) in [6.07, 6.45) is 10.0. The number of aliphatic hydroxyl groups excluding tert-OH is 1. The molecule has 2 N–H and O–H groups in total. The van der Waals surface area contributed by atoms with E-state index in [2.05, 4.69) is 53.6 Å². The lowest BCUT2D eigenvalue weighted by molar-refractivity contribution is -0.103. The van der Waals surface area contributed by atoms with Gasteiger partial charge in [-0.2, -0.15) is 0 Å². The third kappa shape index (κ3) is 6.67. The quantitative estimate of drug-likeness (QED) is 0.265. The van der Waals surface area contributed by atoms with Crippen molar-refractivity contribution in [1.29, 1.82) is 0 Å². The maximum atomic E-state index is 13.9. The number of benzene rings is 2. The van der Waals surface area contributed by atoms with Crippen molar-refractivity contribution in [2.45, 2.75) is 95.0 Å². The number of carbonyl (C=O) groups excluding carboxylic acids is 1. The third-order valence-electron chi connectivity index (χ3n) is 12.1.